The van der Waals surface area contributed by atoms with Crippen molar-refractivity contribution >= 4 is 39.0 Å². The van der Waals surface area contributed by atoms with Crippen molar-refractivity contribution in [3.63, 3.8) is 0 Å². The number of nitrogens with zero attached hydrogens (tertiary/aromatic N) is 1. The molecule has 25 heavy (non-hydrogen) atoms. The molecule has 0 radical (unpaired) electrons. The van der Waals surface area contributed by atoms with Gasteiger partial charge in [-0.25, -0.2) is 4.98 Å². The Morgan fingerprint density at radius 3 is 2.48 bits per heavy atom. The van der Waals surface area contributed by atoms with Crippen LogP contribution in [0.4, 0.5) is 17.2 Å². The van der Waals surface area contributed by atoms with E-state index in [-0.39, 0.29) is 5.91 Å². The number of carbonyl (C=O) groups is 1. The minimum Gasteiger partial charge on any atom is -0.497 e. The zero-order valence-corrected chi connectivity index (χ0v) is 15.1. The third-order valence-electron chi connectivity index (χ3n) is 3.47. The lowest BCUT2D eigenvalue weighted by atomic mass is 10.2. The van der Waals surface area contributed by atoms with Crippen molar-refractivity contribution in [3.05, 3.63) is 76.9 Å². The molecule has 3 rings (SSSR count). The Labute approximate surface area is 154 Å². The summed E-state index contributed by atoms with van der Waals surface area (Å²) in [6.45, 7) is 0. The molecule has 0 aliphatic heterocycles. The second-order valence-electron chi connectivity index (χ2n) is 5.25. The molecule has 126 valence electrons. The molecule has 2 aromatic carbocycles. The number of amides is 1. The number of pyridine rings is 1. The van der Waals surface area contributed by atoms with Crippen molar-refractivity contribution in [2.24, 2.45) is 0 Å². The van der Waals surface area contributed by atoms with Crippen LogP contribution in [0, 0.1) is 0 Å². The van der Waals surface area contributed by atoms with E-state index in [1.807, 2.05) is 30.3 Å². The average molecular weight is 398 g/mol. The summed E-state index contributed by atoms with van der Waals surface area (Å²) in [6.07, 6.45) is 1.67. The van der Waals surface area contributed by atoms with E-state index in [0.717, 1.165) is 15.8 Å². The standard InChI is InChI=1S/C19H16BrN3O2/c1-25-17-4-2-3-13(11-17)19(24)23-18-10-9-16(12-21-18)22-15-7-5-14(20)6-8-15/h2-12,22H,1H3,(H,21,23,24). The molecular weight excluding hydrogens is 382 g/mol. The fourth-order valence-corrected chi connectivity index (χ4v) is 2.46. The van der Waals surface area contributed by atoms with Gasteiger partial charge in [-0.15, -0.1) is 0 Å². The van der Waals surface area contributed by atoms with E-state index in [1.54, 1.807) is 43.6 Å². The number of halogens is 1. The van der Waals surface area contributed by atoms with Crippen LogP contribution in [0.25, 0.3) is 0 Å². The van der Waals surface area contributed by atoms with Crippen LogP contribution < -0.4 is 15.4 Å². The molecular formula is C19H16BrN3O2. The number of carbonyl (C=O) groups excluding carboxylic acids is 1. The van der Waals surface area contributed by atoms with Crippen LogP contribution in [0.3, 0.4) is 0 Å². The predicted octanol–water partition coefficient (Wildman–Crippen LogP) is 4.85. The summed E-state index contributed by atoms with van der Waals surface area (Å²) >= 11 is 3.40. The monoisotopic (exact) mass is 397 g/mol. The van der Waals surface area contributed by atoms with Crippen LogP contribution >= 0.6 is 15.9 Å². The lowest BCUT2D eigenvalue weighted by Crippen LogP contribution is -2.12. The van der Waals surface area contributed by atoms with Crippen molar-refractivity contribution in [1.82, 2.24) is 4.98 Å². The lowest BCUT2D eigenvalue weighted by Gasteiger charge is -2.08. The molecule has 6 heteroatoms. The molecule has 0 saturated carbocycles. The molecule has 1 amide bonds. The van der Waals surface area contributed by atoms with Gasteiger partial charge in [0.2, 0.25) is 0 Å². The molecule has 1 heterocycles. The summed E-state index contributed by atoms with van der Waals surface area (Å²) in [6, 6.07) is 18.4. The molecule has 1 aromatic heterocycles. The Balaban J connectivity index is 1.65. The number of benzene rings is 2. The van der Waals surface area contributed by atoms with Crippen LogP contribution in [-0.4, -0.2) is 18.0 Å². The molecule has 0 atom stereocenters. The number of hydrogen-bond acceptors (Lipinski definition) is 4. The van der Waals surface area contributed by atoms with E-state index in [0.29, 0.717) is 17.1 Å². The van der Waals surface area contributed by atoms with Gasteiger partial charge >= 0.3 is 0 Å². The smallest absolute Gasteiger partial charge is 0.256 e. The fraction of sp³-hybridized carbons (Fsp3) is 0.0526. The van der Waals surface area contributed by atoms with Crippen LogP contribution in [0.15, 0.2) is 71.3 Å². The van der Waals surface area contributed by atoms with Gasteiger partial charge in [0.25, 0.3) is 5.91 Å². The molecule has 0 unspecified atom stereocenters. The summed E-state index contributed by atoms with van der Waals surface area (Å²) in [5, 5.41) is 6.01. The van der Waals surface area contributed by atoms with E-state index in [1.165, 1.54) is 0 Å². The molecule has 5 nitrogen and oxygen atoms in total. The first-order chi connectivity index (χ1) is 12.1. The number of ether oxygens (including phenoxy) is 1. The zero-order valence-electron chi connectivity index (χ0n) is 13.5. The second-order valence-corrected chi connectivity index (χ2v) is 6.17. The van der Waals surface area contributed by atoms with E-state index < -0.39 is 0 Å². The molecule has 0 aliphatic carbocycles. The van der Waals surface area contributed by atoms with E-state index in [2.05, 4.69) is 31.5 Å². The van der Waals surface area contributed by atoms with Crippen LogP contribution in [-0.2, 0) is 0 Å². The molecule has 0 bridgehead atoms. The second kappa shape index (κ2) is 7.81. The minimum atomic E-state index is -0.236. The van der Waals surface area contributed by atoms with E-state index in [4.69, 9.17) is 4.74 Å². The highest BCUT2D eigenvalue weighted by Crippen LogP contribution is 2.20. The van der Waals surface area contributed by atoms with Gasteiger partial charge in [0.05, 0.1) is 19.0 Å². The normalized spacial score (nSPS) is 10.2. The fourth-order valence-electron chi connectivity index (χ4n) is 2.19. The number of nitrogens with one attached hydrogen (secondary N) is 2. The van der Waals surface area contributed by atoms with Gasteiger partial charge < -0.3 is 15.4 Å². The maximum Gasteiger partial charge on any atom is 0.256 e. The highest BCUT2D eigenvalue weighted by Gasteiger charge is 2.08. The Kier molecular flexibility index (Phi) is 5.30. The van der Waals surface area contributed by atoms with Gasteiger partial charge in [0.15, 0.2) is 0 Å². The largest absolute Gasteiger partial charge is 0.497 e. The van der Waals surface area contributed by atoms with Gasteiger partial charge in [0, 0.05) is 15.7 Å². The molecule has 0 saturated heterocycles. The first kappa shape index (κ1) is 17.0. The minimum absolute atomic E-state index is 0.236. The number of rotatable bonds is 5. The van der Waals surface area contributed by atoms with Crippen molar-refractivity contribution < 1.29 is 9.53 Å². The van der Waals surface area contributed by atoms with Gasteiger partial charge in [-0.3, -0.25) is 4.79 Å². The Hall–Kier alpha value is -2.86. The number of methoxy groups -OCH3 is 1. The first-order valence-corrected chi connectivity index (χ1v) is 8.37. The van der Waals surface area contributed by atoms with Crippen molar-refractivity contribution in [3.8, 4) is 5.75 Å². The lowest BCUT2D eigenvalue weighted by molar-refractivity contribution is 0.102. The molecule has 3 aromatic rings. The maximum absolute atomic E-state index is 12.3. The predicted molar refractivity (Wildman–Crippen MR) is 103 cm³/mol. The topological polar surface area (TPSA) is 63.2 Å². The summed E-state index contributed by atoms with van der Waals surface area (Å²) in [5.74, 6) is 0.879. The number of anilines is 3. The molecule has 0 spiro atoms. The van der Waals surface area contributed by atoms with Crippen LogP contribution in [0.1, 0.15) is 10.4 Å². The third kappa shape index (κ3) is 4.58. The van der Waals surface area contributed by atoms with Gasteiger partial charge in [0.1, 0.15) is 11.6 Å². The molecule has 0 fully saturated rings. The van der Waals surface area contributed by atoms with Gasteiger partial charge in [-0.1, -0.05) is 22.0 Å². The molecule has 0 aliphatic rings. The number of aromatic nitrogens is 1. The third-order valence-corrected chi connectivity index (χ3v) is 4.00. The van der Waals surface area contributed by atoms with Crippen molar-refractivity contribution in [2.45, 2.75) is 0 Å². The van der Waals surface area contributed by atoms with Crippen LogP contribution in [0.2, 0.25) is 0 Å². The van der Waals surface area contributed by atoms with E-state index in [9.17, 15) is 4.79 Å². The Bertz CT molecular complexity index is 865. The molecule has 2 N–H and O–H groups in total. The summed E-state index contributed by atoms with van der Waals surface area (Å²) in [7, 11) is 1.57. The van der Waals surface area contributed by atoms with Gasteiger partial charge in [-0.05, 0) is 54.6 Å². The quantitative estimate of drug-likeness (QED) is 0.645. The van der Waals surface area contributed by atoms with Crippen LogP contribution in [0.5, 0.6) is 5.75 Å². The highest BCUT2D eigenvalue weighted by molar-refractivity contribution is 9.10. The van der Waals surface area contributed by atoms with Crippen molar-refractivity contribution in [2.75, 3.05) is 17.7 Å². The Morgan fingerprint density at radius 1 is 1.04 bits per heavy atom. The SMILES string of the molecule is COc1cccc(C(=O)Nc2ccc(Nc3ccc(Br)cc3)cn2)c1. The first-order valence-electron chi connectivity index (χ1n) is 7.58. The number of hydrogen-bond donors (Lipinski definition) is 2. The Morgan fingerprint density at radius 2 is 1.80 bits per heavy atom. The summed E-state index contributed by atoms with van der Waals surface area (Å²) < 4.78 is 6.15. The summed E-state index contributed by atoms with van der Waals surface area (Å²) in [5.41, 5.74) is 2.30. The average Bonchev–Trinajstić information content (AvgIpc) is 2.65. The highest BCUT2D eigenvalue weighted by atomic mass is 79.9. The van der Waals surface area contributed by atoms with Crippen molar-refractivity contribution in [1.29, 1.82) is 0 Å². The van der Waals surface area contributed by atoms with E-state index >= 15 is 0 Å². The summed E-state index contributed by atoms with van der Waals surface area (Å²) in [4.78, 5) is 16.5. The zero-order chi connectivity index (χ0) is 17.6. The maximum atomic E-state index is 12.3. The van der Waals surface area contributed by atoms with Gasteiger partial charge in [-0.2, -0.15) is 0 Å².